The highest BCUT2D eigenvalue weighted by Crippen LogP contribution is 2.38. The van der Waals surface area contributed by atoms with E-state index in [-0.39, 0.29) is 5.60 Å². The van der Waals surface area contributed by atoms with Crippen molar-refractivity contribution in [1.29, 1.82) is 0 Å². The minimum absolute atomic E-state index is 0.0872. The maximum absolute atomic E-state index is 6.63. The normalized spacial score (nSPS) is 24.9. The zero-order chi connectivity index (χ0) is 16.3. The van der Waals surface area contributed by atoms with Gasteiger partial charge in [-0.15, -0.1) is 0 Å². The summed E-state index contributed by atoms with van der Waals surface area (Å²) in [4.78, 5) is 0. The van der Waals surface area contributed by atoms with Crippen molar-refractivity contribution in [3.8, 4) is 0 Å². The molecular formula is C20H40OSi. The summed E-state index contributed by atoms with van der Waals surface area (Å²) in [5, 5.41) is 0. The first-order chi connectivity index (χ1) is 10.5. The van der Waals surface area contributed by atoms with Gasteiger partial charge in [0.15, 0.2) is 8.32 Å². The zero-order valence-corrected chi connectivity index (χ0v) is 16.8. The molecule has 1 rings (SSSR count). The smallest absolute Gasteiger partial charge is 0.187 e. The van der Waals surface area contributed by atoms with Crippen molar-refractivity contribution < 1.29 is 4.43 Å². The Hall–Kier alpha value is -0.0831. The molecule has 0 saturated carbocycles. The van der Waals surface area contributed by atoms with Crippen LogP contribution in [0.25, 0.3) is 0 Å². The van der Waals surface area contributed by atoms with Crippen LogP contribution >= 0.6 is 0 Å². The minimum atomic E-state index is -1.41. The summed E-state index contributed by atoms with van der Waals surface area (Å²) in [6.07, 6.45) is 21.1. The van der Waals surface area contributed by atoms with Gasteiger partial charge in [0.1, 0.15) is 0 Å². The lowest BCUT2D eigenvalue weighted by Crippen LogP contribution is -2.47. The predicted octanol–water partition coefficient (Wildman–Crippen LogP) is 7.24. The van der Waals surface area contributed by atoms with Crippen molar-refractivity contribution in [2.24, 2.45) is 0 Å². The number of rotatable bonds is 11. The molecule has 1 atom stereocenters. The van der Waals surface area contributed by atoms with Crippen LogP contribution in [0.4, 0.5) is 0 Å². The van der Waals surface area contributed by atoms with Gasteiger partial charge in [0.2, 0.25) is 0 Å². The first kappa shape index (κ1) is 20.0. The van der Waals surface area contributed by atoms with E-state index in [1.807, 2.05) is 0 Å². The van der Waals surface area contributed by atoms with Crippen LogP contribution < -0.4 is 0 Å². The molecule has 0 aromatic rings. The Balaban J connectivity index is 2.20. The van der Waals surface area contributed by atoms with Crippen LogP contribution in [-0.4, -0.2) is 13.9 Å². The number of hydrogen-bond acceptors (Lipinski definition) is 1. The highest BCUT2D eigenvalue weighted by molar-refractivity contribution is 6.71. The van der Waals surface area contributed by atoms with Crippen molar-refractivity contribution in [3.05, 3.63) is 12.2 Å². The van der Waals surface area contributed by atoms with E-state index in [1.54, 1.807) is 0 Å². The van der Waals surface area contributed by atoms with Crippen LogP contribution in [0.5, 0.6) is 0 Å². The highest BCUT2D eigenvalue weighted by Gasteiger charge is 2.39. The second kappa shape index (κ2) is 10.6. The summed E-state index contributed by atoms with van der Waals surface area (Å²) >= 11 is 0. The molecule has 0 aromatic carbocycles. The van der Waals surface area contributed by atoms with Crippen LogP contribution in [0, 0.1) is 0 Å². The molecule has 0 aliphatic carbocycles. The summed E-state index contributed by atoms with van der Waals surface area (Å²) in [5.74, 6) is 0. The molecular weight excluding hydrogens is 284 g/mol. The number of hydrogen-bond donors (Lipinski definition) is 0. The molecule has 1 aliphatic rings. The third-order valence-electron chi connectivity index (χ3n) is 5.03. The number of unbranched alkanes of at least 4 members (excludes halogenated alkanes) is 8. The van der Waals surface area contributed by atoms with Gasteiger partial charge in [0.05, 0.1) is 5.60 Å². The van der Waals surface area contributed by atoms with Gasteiger partial charge in [-0.1, -0.05) is 83.3 Å². The molecule has 22 heavy (non-hydrogen) atoms. The molecule has 0 amide bonds. The average molecular weight is 325 g/mol. The lowest BCUT2D eigenvalue weighted by molar-refractivity contribution is 0.0704. The Morgan fingerprint density at radius 2 is 1.55 bits per heavy atom. The van der Waals surface area contributed by atoms with E-state index in [2.05, 4.69) is 39.1 Å². The van der Waals surface area contributed by atoms with Crippen LogP contribution in [0.1, 0.15) is 90.9 Å². The Labute approximate surface area is 141 Å². The monoisotopic (exact) mass is 324 g/mol. The van der Waals surface area contributed by atoms with Crippen LogP contribution in [0.2, 0.25) is 19.1 Å². The van der Waals surface area contributed by atoms with Crippen molar-refractivity contribution >= 4 is 8.32 Å². The summed E-state index contributed by atoms with van der Waals surface area (Å²) < 4.78 is 6.63. The van der Waals surface area contributed by atoms with Gasteiger partial charge in [-0.05, 0) is 38.9 Å². The zero-order valence-electron chi connectivity index (χ0n) is 15.8. The molecule has 0 spiro atoms. The van der Waals surface area contributed by atoms with E-state index in [9.17, 15) is 0 Å². The van der Waals surface area contributed by atoms with Gasteiger partial charge in [0.25, 0.3) is 0 Å². The Kier molecular flexibility index (Phi) is 9.66. The first-order valence-electron chi connectivity index (χ1n) is 9.88. The van der Waals surface area contributed by atoms with Gasteiger partial charge in [0, 0.05) is 0 Å². The third-order valence-corrected chi connectivity index (χ3v) is 7.55. The molecule has 2 heteroatoms. The number of allylic oxidation sites excluding steroid dienone is 1. The van der Waals surface area contributed by atoms with Gasteiger partial charge >= 0.3 is 0 Å². The third kappa shape index (κ3) is 7.96. The van der Waals surface area contributed by atoms with E-state index >= 15 is 0 Å². The summed E-state index contributed by atoms with van der Waals surface area (Å²) in [5.41, 5.74) is 0.0872. The van der Waals surface area contributed by atoms with Crippen molar-refractivity contribution in [2.75, 3.05) is 0 Å². The van der Waals surface area contributed by atoms with Gasteiger partial charge in [-0.25, -0.2) is 0 Å². The second-order valence-electron chi connectivity index (χ2n) is 7.86. The molecule has 1 heterocycles. The highest BCUT2D eigenvalue weighted by atomic mass is 28.4. The molecule has 1 saturated heterocycles. The molecule has 1 fully saturated rings. The summed E-state index contributed by atoms with van der Waals surface area (Å²) in [6, 6.07) is 1.34. The van der Waals surface area contributed by atoms with Crippen LogP contribution in [0.3, 0.4) is 0 Å². The lowest BCUT2D eigenvalue weighted by Gasteiger charge is -2.43. The predicted molar refractivity (Wildman–Crippen MR) is 102 cm³/mol. The fraction of sp³-hybridized carbons (Fsp3) is 0.900. The standard InChI is InChI=1S/C20H40OSi/c1-5-7-8-9-10-11-12-13-14-17-20(16-6-2)18-15-19-22(3,4)21-20/h6,16H,5,7-15,17-19H2,1-4H3. The molecule has 0 N–H and O–H groups in total. The molecule has 0 bridgehead atoms. The second-order valence-corrected chi connectivity index (χ2v) is 12.1. The summed E-state index contributed by atoms with van der Waals surface area (Å²) in [7, 11) is -1.41. The van der Waals surface area contributed by atoms with E-state index in [4.69, 9.17) is 4.43 Å². The SMILES string of the molecule is CC=CC1(CCCCCCCCCCC)CCC[Si](C)(C)O1. The fourth-order valence-electron chi connectivity index (χ4n) is 3.88. The minimum Gasteiger partial charge on any atom is -0.408 e. The van der Waals surface area contributed by atoms with E-state index in [0.717, 1.165) is 0 Å². The van der Waals surface area contributed by atoms with Crippen molar-refractivity contribution in [2.45, 2.75) is 116 Å². The molecule has 1 nitrogen and oxygen atoms in total. The Morgan fingerprint density at radius 1 is 0.955 bits per heavy atom. The quantitative estimate of drug-likeness (QED) is 0.221. The van der Waals surface area contributed by atoms with Gasteiger partial charge < -0.3 is 4.43 Å². The first-order valence-corrected chi connectivity index (χ1v) is 13.0. The average Bonchev–Trinajstić information content (AvgIpc) is 2.45. The van der Waals surface area contributed by atoms with E-state index in [0.29, 0.717) is 0 Å². The Morgan fingerprint density at radius 3 is 2.09 bits per heavy atom. The lowest BCUT2D eigenvalue weighted by atomic mass is 9.90. The van der Waals surface area contributed by atoms with Gasteiger partial charge in [-0.3, -0.25) is 0 Å². The van der Waals surface area contributed by atoms with Gasteiger partial charge in [-0.2, -0.15) is 0 Å². The molecule has 1 aliphatic heterocycles. The van der Waals surface area contributed by atoms with Crippen molar-refractivity contribution in [3.63, 3.8) is 0 Å². The van der Waals surface area contributed by atoms with Crippen LogP contribution in [-0.2, 0) is 4.43 Å². The summed E-state index contributed by atoms with van der Waals surface area (Å²) in [6.45, 7) is 9.21. The fourth-order valence-corrected chi connectivity index (χ4v) is 6.38. The Bertz CT molecular complexity index is 311. The molecule has 130 valence electrons. The van der Waals surface area contributed by atoms with E-state index in [1.165, 1.54) is 83.1 Å². The molecule has 0 aromatic heterocycles. The molecule has 1 unspecified atom stereocenters. The van der Waals surface area contributed by atoms with E-state index < -0.39 is 8.32 Å². The van der Waals surface area contributed by atoms with Crippen LogP contribution in [0.15, 0.2) is 12.2 Å². The topological polar surface area (TPSA) is 9.23 Å². The largest absolute Gasteiger partial charge is 0.408 e. The maximum atomic E-state index is 6.63. The molecule has 0 radical (unpaired) electrons. The maximum Gasteiger partial charge on any atom is 0.187 e. The van der Waals surface area contributed by atoms with Crippen molar-refractivity contribution in [1.82, 2.24) is 0 Å².